The first kappa shape index (κ1) is 27.3. The van der Waals surface area contributed by atoms with Crippen molar-refractivity contribution < 1.29 is 0 Å². The lowest BCUT2D eigenvalue weighted by molar-refractivity contribution is 0.953. The van der Waals surface area contributed by atoms with Crippen molar-refractivity contribution in [3.8, 4) is 34.4 Å². The summed E-state index contributed by atoms with van der Waals surface area (Å²) >= 11 is 0. The average molecular weight is 606 g/mol. The molecule has 0 fully saturated rings. The maximum Gasteiger partial charge on any atom is 0.238 e. The van der Waals surface area contributed by atoms with E-state index in [1.54, 1.807) is 0 Å². The molecule has 0 N–H and O–H groups in total. The van der Waals surface area contributed by atoms with E-state index in [2.05, 4.69) is 163 Å². The van der Waals surface area contributed by atoms with Gasteiger partial charge in [0.2, 0.25) is 5.95 Å². The molecule has 0 bridgehead atoms. The highest BCUT2D eigenvalue weighted by atomic mass is 15.2. The molecule has 5 heteroatoms. The average Bonchev–Trinajstić information content (AvgIpc) is 3.59. The van der Waals surface area contributed by atoms with Crippen LogP contribution < -0.4 is 0 Å². The largest absolute Gasteiger partial charge is 0.309 e. The van der Waals surface area contributed by atoms with Crippen LogP contribution in [0.3, 0.4) is 0 Å². The fraction of sp³-hybridized carbons (Fsp3) is 0.0714. The van der Waals surface area contributed by atoms with E-state index in [-0.39, 0.29) is 0 Å². The number of aromatic nitrogens is 5. The van der Waals surface area contributed by atoms with E-state index in [0.717, 1.165) is 55.3 Å². The highest BCUT2D eigenvalue weighted by Gasteiger charge is 2.21. The van der Waals surface area contributed by atoms with E-state index in [4.69, 9.17) is 15.0 Å². The van der Waals surface area contributed by atoms with Gasteiger partial charge in [0.15, 0.2) is 11.6 Å². The Hall–Kier alpha value is -6.07. The van der Waals surface area contributed by atoms with Crippen molar-refractivity contribution in [3.63, 3.8) is 0 Å². The number of nitrogens with zero attached hydrogens (tertiary/aromatic N) is 5. The van der Waals surface area contributed by atoms with Crippen molar-refractivity contribution in [2.75, 3.05) is 0 Å². The van der Waals surface area contributed by atoms with Crippen LogP contribution in [0.4, 0.5) is 0 Å². The quantitative estimate of drug-likeness (QED) is 0.201. The van der Waals surface area contributed by atoms with Crippen molar-refractivity contribution in [2.45, 2.75) is 20.8 Å². The summed E-state index contributed by atoms with van der Waals surface area (Å²) in [7, 11) is 0. The van der Waals surface area contributed by atoms with Crippen LogP contribution in [0.5, 0.6) is 0 Å². The molecule has 5 nitrogen and oxygen atoms in total. The third kappa shape index (κ3) is 4.43. The van der Waals surface area contributed by atoms with E-state index in [0.29, 0.717) is 17.6 Å². The smallest absolute Gasteiger partial charge is 0.238 e. The Morgan fingerprint density at radius 3 is 1.66 bits per heavy atom. The predicted molar refractivity (Wildman–Crippen MR) is 194 cm³/mol. The number of fused-ring (bicyclic) bond motifs is 6. The number of hydrogen-bond acceptors (Lipinski definition) is 3. The van der Waals surface area contributed by atoms with Crippen LogP contribution in [0.25, 0.3) is 78.0 Å². The Balaban J connectivity index is 1.41. The number of benzene rings is 6. The Morgan fingerprint density at radius 2 is 0.957 bits per heavy atom. The molecule has 0 radical (unpaired) electrons. The molecule has 224 valence electrons. The van der Waals surface area contributed by atoms with Gasteiger partial charge in [0, 0.05) is 38.4 Å². The molecule has 0 saturated heterocycles. The molecule has 0 aliphatic carbocycles. The summed E-state index contributed by atoms with van der Waals surface area (Å²) in [5.41, 5.74) is 11.0. The molecule has 9 rings (SSSR count). The van der Waals surface area contributed by atoms with Gasteiger partial charge in [-0.2, -0.15) is 9.97 Å². The second-order valence-corrected chi connectivity index (χ2v) is 12.5. The topological polar surface area (TPSA) is 48.5 Å². The number of aryl methyl sites for hydroxylation is 3. The van der Waals surface area contributed by atoms with Crippen LogP contribution in [-0.2, 0) is 0 Å². The van der Waals surface area contributed by atoms with Gasteiger partial charge in [0.05, 0.1) is 22.1 Å². The second kappa shape index (κ2) is 10.5. The lowest BCUT2D eigenvalue weighted by atomic mass is 10.1. The van der Waals surface area contributed by atoms with Gasteiger partial charge < -0.3 is 4.57 Å². The first-order chi connectivity index (χ1) is 23.0. The third-order valence-electron chi connectivity index (χ3n) is 9.10. The minimum atomic E-state index is 0.594. The van der Waals surface area contributed by atoms with Crippen LogP contribution >= 0.6 is 0 Å². The monoisotopic (exact) mass is 605 g/mol. The Labute approximate surface area is 272 Å². The Bertz CT molecular complexity index is 2600. The van der Waals surface area contributed by atoms with Crippen LogP contribution in [-0.4, -0.2) is 24.1 Å². The van der Waals surface area contributed by atoms with Crippen LogP contribution in [0.1, 0.15) is 16.7 Å². The molecule has 0 spiro atoms. The van der Waals surface area contributed by atoms with E-state index < -0.39 is 0 Å². The van der Waals surface area contributed by atoms with Crippen LogP contribution in [0.2, 0.25) is 0 Å². The summed E-state index contributed by atoms with van der Waals surface area (Å²) < 4.78 is 4.58. The molecule has 0 atom stereocenters. The lowest BCUT2D eigenvalue weighted by Crippen LogP contribution is -2.06. The molecule has 0 saturated carbocycles. The third-order valence-corrected chi connectivity index (χ3v) is 9.10. The summed E-state index contributed by atoms with van der Waals surface area (Å²) in [4.78, 5) is 15.4. The second-order valence-electron chi connectivity index (χ2n) is 12.5. The fourth-order valence-corrected chi connectivity index (χ4v) is 6.96. The molecule has 0 aliphatic heterocycles. The van der Waals surface area contributed by atoms with Gasteiger partial charge in [-0.15, -0.1) is 0 Å². The molecule has 47 heavy (non-hydrogen) atoms. The molecule has 0 amide bonds. The van der Waals surface area contributed by atoms with Crippen molar-refractivity contribution in [1.82, 2.24) is 24.1 Å². The molecular weight excluding hydrogens is 574 g/mol. The maximum absolute atomic E-state index is 5.18. The number of para-hydroxylation sites is 2. The first-order valence-electron chi connectivity index (χ1n) is 16.0. The molecule has 6 aromatic carbocycles. The Morgan fingerprint density at radius 1 is 0.383 bits per heavy atom. The minimum Gasteiger partial charge on any atom is -0.309 e. The Kier molecular flexibility index (Phi) is 6.09. The van der Waals surface area contributed by atoms with Gasteiger partial charge in [-0.25, -0.2) is 4.98 Å². The zero-order chi connectivity index (χ0) is 31.6. The minimum absolute atomic E-state index is 0.594. The van der Waals surface area contributed by atoms with Crippen molar-refractivity contribution in [3.05, 3.63) is 150 Å². The fourth-order valence-electron chi connectivity index (χ4n) is 6.96. The van der Waals surface area contributed by atoms with Crippen LogP contribution in [0, 0.1) is 20.8 Å². The zero-order valence-electron chi connectivity index (χ0n) is 26.4. The zero-order valence-corrected chi connectivity index (χ0v) is 26.4. The van der Waals surface area contributed by atoms with Crippen LogP contribution in [0.15, 0.2) is 133 Å². The summed E-state index contributed by atoms with van der Waals surface area (Å²) in [6.07, 6.45) is 0. The van der Waals surface area contributed by atoms with Gasteiger partial charge in [-0.1, -0.05) is 95.6 Å². The predicted octanol–water partition coefficient (Wildman–Crippen LogP) is 10.3. The highest BCUT2D eigenvalue weighted by molar-refractivity contribution is 6.19. The molecule has 3 aromatic heterocycles. The SMILES string of the molecule is Cc1cccc(-c2nc(-c3cccc(C)c3)nc(-n3c4ccccc4c4cc5c6cc(C)ccc6n(-c6ccccc6)c5cc43)n2)c1. The number of hydrogen-bond donors (Lipinski definition) is 0. The first-order valence-corrected chi connectivity index (χ1v) is 16.0. The summed E-state index contributed by atoms with van der Waals surface area (Å²) in [5.74, 6) is 1.89. The standard InChI is InChI=1S/C42H31N5/c1-26-11-9-13-29(21-26)40-43-41(30-14-10-12-27(2)22-30)45-42(44-40)47-36-18-8-7-17-32(36)34-24-35-33-23-28(3)19-20-37(33)46(38(35)25-39(34)47)31-15-5-4-6-16-31/h4-25H,1-3H3. The summed E-state index contributed by atoms with van der Waals surface area (Å²) in [6, 6.07) is 47.3. The number of rotatable bonds is 4. The van der Waals surface area contributed by atoms with E-state index in [1.807, 2.05) is 0 Å². The van der Waals surface area contributed by atoms with Gasteiger partial charge in [0.25, 0.3) is 0 Å². The van der Waals surface area contributed by atoms with Gasteiger partial charge in [0.1, 0.15) is 0 Å². The molecule has 3 heterocycles. The molecule has 9 aromatic rings. The van der Waals surface area contributed by atoms with E-state index in [1.165, 1.54) is 21.9 Å². The van der Waals surface area contributed by atoms with Crippen molar-refractivity contribution >= 4 is 43.6 Å². The van der Waals surface area contributed by atoms with Gasteiger partial charge in [-0.3, -0.25) is 4.57 Å². The molecule has 0 aliphatic rings. The molecule has 0 unspecified atom stereocenters. The van der Waals surface area contributed by atoms with Crippen molar-refractivity contribution in [1.29, 1.82) is 0 Å². The lowest BCUT2D eigenvalue weighted by Gasteiger charge is -2.12. The van der Waals surface area contributed by atoms with Gasteiger partial charge >= 0.3 is 0 Å². The van der Waals surface area contributed by atoms with E-state index >= 15 is 0 Å². The molecular formula is C42H31N5. The van der Waals surface area contributed by atoms with Crippen molar-refractivity contribution in [2.24, 2.45) is 0 Å². The normalized spacial score (nSPS) is 11.7. The summed E-state index contributed by atoms with van der Waals surface area (Å²) in [5, 5.41) is 4.79. The summed E-state index contributed by atoms with van der Waals surface area (Å²) in [6.45, 7) is 6.35. The van der Waals surface area contributed by atoms with Gasteiger partial charge in [-0.05, 0) is 75.4 Å². The highest BCUT2D eigenvalue weighted by Crippen LogP contribution is 2.39. The van der Waals surface area contributed by atoms with E-state index in [9.17, 15) is 0 Å². The maximum atomic E-state index is 5.18.